The average Bonchev–Trinajstić information content (AvgIpc) is 3.23. The lowest BCUT2D eigenvalue weighted by atomic mass is 9.83. The maximum atomic E-state index is 12.0. The van der Waals surface area contributed by atoms with Crippen molar-refractivity contribution in [2.75, 3.05) is 7.05 Å². The van der Waals surface area contributed by atoms with Gasteiger partial charge in [-0.05, 0) is 44.2 Å². The smallest absolute Gasteiger partial charge is 0.329 e. The first-order valence-corrected chi connectivity index (χ1v) is 6.69. The van der Waals surface area contributed by atoms with Crippen molar-refractivity contribution in [2.24, 2.45) is 5.92 Å². The summed E-state index contributed by atoms with van der Waals surface area (Å²) < 4.78 is 0. The molecule has 3 nitrogen and oxygen atoms in total. The van der Waals surface area contributed by atoms with Crippen molar-refractivity contribution in [1.29, 1.82) is 0 Å². The van der Waals surface area contributed by atoms with E-state index in [9.17, 15) is 9.90 Å². The Morgan fingerprint density at radius 2 is 1.83 bits per heavy atom. The van der Waals surface area contributed by atoms with Crippen LogP contribution in [-0.4, -0.2) is 29.1 Å². The Balaban J connectivity index is 2.08. The van der Waals surface area contributed by atoms with Crippen molar-refractivity contribution in [3.05, 3.63) is 35.9 Å². The van der Waals surface area contributed by atoms with Gasteiger partial charge >= 0.3 is 5.97 Å². The van der Waals surface area contributed by atoms with E-state index in [4.69, 9.17) is 0 Å². The van der Waals surface area contributed by atoms with E-state index in [-0.39, 0.29) is 5.92 Å². The molecule has 0 spiro atoms. The molecule has 3 rings (SSSR count). The van der Waals surface area contributed by atoms with Crippen LogP contribution in [0.3, 0.4) is 0 Å². The lowest BCUT2D eigenvalue weighted by Crippen LogP contribution is -2.53. The zero-order valence-electron chi connectivity index (χ0n) is 10.7. The summed E-state index contributed by atoms with van der Waals surface area (Å²) in [4.78, 5) is 14.1. The van der Waals surface area contributed by atoms with Gasteiger partial charge in [0.15, 0.2) is 0 Å². The Hall–Kier alpha value is -1.35. The van der Waals surface area contributed by atoms with Crippen molar-refractivity contribution in [3.63, 3.8) is 0 Å². The minimum absolute atomic E-state index is 0.267. The molecule has 1 aromatic rings. The van der Waals surface area contributed by atoms with Gasteiger partial charge in [-0.3, -0.25) is 4.90 Å². The number of aliphatic carboxylic acids is 1. The average molecular weight is 245 g/mol. The molecule has 0 heterocycles. The Morgan fingerprint density at radius 1 is 1.22 bits per heavy atom. The van der Waals surface area contributed by atoms with Gasteiger partial charge in [0.2, 0.25) is 0 Å². The highest BCUT2D eigenvalue weighted by atomic mass is 16.4. The predicted octanol–water partition coefficient (Wildman–Crippen LogP) is 2.47. The third-order valence-electron chi connectivity index (χ3n) is 4.36. The molecule has 1 unspecified atom stereocenters. The zero-order valence-corrected chi connectivity index (χ0v) is 10.7. The fourth-order valence-corrected chi connectivity index (χ4v) is 3.12. The number of benzene rings is 1. The van der Waals surface area contributed by atoms with Crippen molar-refractivity contribution >= 4 is 5.97 Å². The topological polar surface area (TPSA) is 40.5 Å². The van der Waals surface area contributed by atoms with Gasteiger partial charge in [-0.2, -0.15) is 0 Å². The molecule has 0 amide bonds. The maximum absolute atomic E-state index is 12.0. The normalized spacial score (nSPS) is 22.8. The van der Waals surface area contributed by atoms with Crippen LogP contribution >= 0.6 is 0 Å². The maximum Gasteiger partial charge on any atom is 0.329 e. The van der Waals surface area contributed by atoms with Crippen LogP contribution in [0.2, 0.25) is 0 Å². The molecule has 0 bridgehead atoms. The quantitative estimate of drug-likeness (QED) is 0.866. The molecule has 1 aromatic carbocycles. The van der Waals surface area contributed by atoms with Gasteiger partial charge in [-0.1, -0.05) is 30.3 Å². The van der Waals surface area contributed by atoms with Crippen LogP contribution in [0.25, 0.3) is 0 Å². The molecule has 18 heavy (non-hydrogen) atoms. The van der Waals surface area contributed by atoms with Crippen LogP contribution in [0.4, 0.5) is 0 Å². The summed E-state index contributed by atoms with van der Waals surface area (Å²) in [6.07, 6.45) is 4.31. The number of rotatable bonds is 5. The van der Waals surface area contributed by atoms with Gasteiger partial charge in [-0.25, -0.2) is 4.79 Å². The van der Waals surface area contributed by atoms with Gasteiger partial charge in [0.25, 0.3) is 0 Å². The van der Waals surface area contributed by atoms with Crippen LogP contribution < -0.4 is 0 Å². The molecule has 2 aliphatic carbocycles. The van der Waals surface area contributed by atoms with Crippen LogP contribution in [0.15, 0.2) is 30.3 Å². The largest absolute Gasteiger partial charge is 0.480 e. The summed E-state index contributed by atoms with van der Waals surface area (Å²) >= 11 is 0. The first-order chi connectivity index (χ1) is 8.67. The van der Waals surface area contributed by atoms with Crippen molar-refractivity contribution < 1.29 is 9.90 Å². The van der Waals surface area contributed by atoms with E-state index in [1.54, 1.807) is 0 Å². The minimum atomic E-state index is -0.803. The fraction of sp³-hybridized carbons (Fsp3) is 0.533. The summed E-state index contributed by atoms with van der Waals surface area (Å²) in [5, 5.41) is 9.89. The van der Waals surface area contributed by atoms with Gasteiger partial charge < -0.3 is 5.11 Å². The molecule has 0 radical (unpaired) electrons. The van der Waals surface area contributed by atoms with E-state index in [0.29, 0.717) is 6.04 Å². The van der Waals surface area contributed by atoms with Crippen LogP contribution in [0.1, 0.15) is 31.2 Å². The second-order valence-corrected chi connectivity index (χ2v) is 5.55. The number of carboxylic acid groups (broad SMARTS) is 1. The predicted molar refractivity (Wildman–Crippen MR) is 69.3 cm³/mol. The van der Waals surface area contributed by atoms with Crippen LogP contribution in [-0.2, 0) is 10.3 Å². The monoisotopic (exact) mass is 245 g/mol. The lowest BCUT2D eigenvalue weighted by molar-refractivity contribution is -0.154. The van der Waals surface area contributed by atoms with Crippen molar-refractivity contribution in [3.8, 4) is 0 Å². The van der Waals surface area contributed by atoms with Crippen molar-refractivity contribution in [2.45, 2.75) is 37.3 Å². The number of carboxylic acids is 1. The lowest BCUT2D eigenvalue weighted by Gasteiger charge is -2.39. The summed E-state index contributed by atoms with van der Waals surface area (Å²) in [5.74, 6) is -0.423. The number of likely N-dealkylation sites (N-methyl/N-ethyl adjacent to an activating group) is 1. The molecule has 1 atom stereocenters. The molecule has 0 saturated heterocycles. The highest BCUT2D eigenvalue weighted by Gasteiger charge is 2.57. The number of hydrogen-bond acceptors (Lipinski definition) is 2. The molecule has 2 aliphatic rings. The molecule has 0 aromatic heterocycles. The number of nitrogens with zero attached hydrogens (tertiary/aromatic N) is 1. The van der Waals surface area contributed by atoms with Gasteiger partial charge in [0, 0.05) is 6.04 Å². The Kier molecular flexibility index (Phi) is 2.67. The van der Waals surface area contributed by atoms with Gasteiger partial charge in [-0.15, -0.1) is 0 Å². The molecular formula is C15H19NO2. The molecule has 96 valence electrons. The Bertz CT molecular complexity index is 451. The Labute approximate surface area is 107 Å². The highest BCUT2D eigenvalue weighted by Crippen LogP contribution is 2.52. The van der Waals surface area contributed by atoms with Crippen LogP contribution in [0, 0.1) is 5.92 Å². The Morgan fingerprint density at radius 3 is 2.28 bits per heavy atom. The summed E-state index contributed by atoms with van der Waals surface area (Å²) in [6.45, 7) is 0. The first kappa shape index (κ1) is 11.7. The van der Waals surface area contributed by atoms with Crippen LogP contribution in [0.5, 0.6) is 0 Å². The molecule has 3 heteroatoms. The molecule has 1 N–H and O–H groups in total. The van der Waals surface area contributed by atoms with E-state index < -0.39 is 11.5 Å². The highest BCUT2D eigenvalue weighted by molar-refractivity contribution is 5.82. The van der Waals surface area contributed by atoms with Gasteiger partial charge in [0.05, 0.1) is 0 Å². The third-order valence-corrected chi connectivity index (χ3v) is 4.36. The second-order valence-electron chi connectivity index (χ2n) is 5.55. The summed E-state index contributed by atoms with van der Waals surface area (Å²) in [5.41, 5.74) is 0.136. The minimum Gasteiger partial charge on any atom is -0.480 e. The number of hydrogen-bond donors (Lipinski definition) is 1. The molecular weight excluding hydrogens is 226 g/mol. The first-order valence-electron chi connectivity index (χ1n) is 6.69. The zero-order chi connectivity index (χ0) is 12.8. The molecule has 2 fully saturated rings. The fourth-order valence-electron chi connectivity index (χ4n) is 3.12. The van der Waals surface area contributed by atoms with E-state index >= 15 is 0 Å². The second kappa shape index (κ2) is 4.09. The number of carbonyl (C=O) groups is 1. The third kappa shape index (κ3) is 1.65. The van der Waals surface area contributed by atoms with E-state index in [2.05, 4.69) is 4.90 Å². The van der Waals surface area contributed by atoms with E-state index in [1.807, 2.05) is 37.4 Å². The van der Waals surface area contributed by atoms with E-state index in [1.165, 1.54) is 0 Å². The standard InChI is InChI=1S/C15H19NO2/c1-16(13-9-10-13)15(14(17)18,12-7-8-12)11-5-3-2-4-6-11/h2-6,12-13H,7-10H2,1H3,(H,17,18). The van der Waals surface area contributed by atoms with E-state index in [0.717, 1.165) is 31.2 Å². The SMILES string of the molecule is CN(C1CC1)C(C(=O)O)(c1ccccc1)C1CC1. The molecule has 0 aliphatic heterocycles. The summed E-state index contributed by atoms with van der Waals surface area (Å²) in [7, 11) is 1.98. The van der Waals surface area contributed by atoms with Crippen molar-refractivity contribution in [1.82, 2.24) is 4.90 Å². The molecule has 2 saturated carbocycles. The van der Waals surface area contributed by atoms with Gasteiger partial charge in [0.1, 0.15) is 5.54 Å². The summed E-state index contributed by atoms with van der Waals surface area (Å²) in [6, 6.07) is 10.2.